The zero-order valence-corrected chi connectivity index (χ0v) is 13.2. The number of fused-ring (bicyclic) bond motifs is 1. The maximum Gasteiger partial charge on any atom is 0.226 e. The number of rotatable bonds is 4. The lowest BCUT2D eigenvalue weighted by atomic mass is 9.86. The van der Waals surface area contributed by atoms with Crippen molar-refractivity contribution in [1.29, 1.82) is 0 Å². The maximum absolute atomic E-state index is 13.1. The van der Waals surface area contributed by atoms with E-state index in [1.54, 1.807) is 12.1 Å². The van der Waals surface area contributed by atoms with E-state index in [0.717, 1.165) is 22.0 Å². The van der Waals surface area contributed by atoms with Crippen LogP contribution in [0.2, 0.25) is 0 Å². The van der Waals surface area contributed by atoms with Gasteiger partial charge in [0, 0.05) is 0 Å². The molecule has 4 rings (SSSR count). The summed E-state index contributed by atoms with van der Waals surface area (Å²) in [5, 5.41) is 0.824. The summed E-state index contributed by atoms with van der Waals surface area (Å²) in [6, 6.07) is 12.2. The van der Waals surface area contributed by atoms with E-state index in [1.165, 1.54) is 31.4 Å². The van der Waals surface area contributed by atoms with Gasteiger partial charge in [0.1, 0.15) is 5.82 Å². The Hall–Kier alpha value is -2.69. The van der Waals surface area contributed by atoms with Crippen molar-refractivity contribution >= 4 is 16.9 Å². The molecule has 3 aromatic rings. The van der Waals surface area contributed by atoms with E-state index in [0.29, 0.717) is 18.4 Å². The molecule has 1 heterocycles. The molecule has 0 saturated heterocycles. The highest BCUT2D eigenvalue weighted by Gasteiger charge is 2.19. The van der Waals surface area contributed by atoms with Crippen LogP contribution < -0.4 is 10.5 Å². The van der Waals surface area contributed by atoms with Crippen LogP contribution in [0.1, 0.15) is 19.3 Å². The van der Waals surface area contributed by atoms with E-state index in [-0.39, 0.29) is 11.8 Å². The Labute approximate surface area is 139 Å². The molecule has 0 aliphatic heterocycles. The molecule has 4 nitrogen and oxygen atoms in total. The normalized spacial score (nSPS) is 14.5. The summed E-state index contributed by atoms with van der Waals surface area (Å²) < 4.78 is 19.0. The summed E-state index contributed by atoms with van der Waals surface area (Å²) in [7, 11) is 0. The summed E-state index contributed by atoms with van der Waals surface area (Å²) in [6.07, 6.45) is 3.69. The van der Waals surface area contributed by atoms with Gasteiger partial charge in [-0.2, -0.15) is 4.98 Å². The highest BCUT2D eigenvalue weighted by molar-refractivity contribution is 5.89. The molecule has 1 aliphatic carbocycles. The summed E-state index contributed by atoms with van der Waals surface area (Å²) in [4.78, 5) is 8.54. The lowest BCUT2D eigenvalue weighted by Gasteiger charge is -2.25. The van der Waals surface area contributed by atoms with Crippen molar-refractivity contribution in [2.45, 2.75) is 19.3 Å². The van der Waals surface area contributed by atoms with Crippen LogP contribution in [0.25, 0.3) is 22.0 Å². The molecule has 24 heavy (non-hydrogen) atoms. The standard InChI is InChI=1S/C19H18FN3O/c20-15-7-4-13(5-8-15)14-6-9-17-16(10-14)18(23-19(21)22-17)24-11-12-2-1-3-12/h4-10,12H,1-3,11H2,(H2,21,22,23). The van der Waals surface area contributed by atoms with Gasteiger partial charge >= 0.3 is 0 Å². The average molecular weight is 323 g/mol. The van der Waals surface area contributed by atoms with Gasteiger partial charge in [-0.3, -0.25) is 0 Å². The van der Waals surface area contributed by atoms with Crippen LogP contribution in [-0.2, 0) is 0 Å². The molecule has 2 N–H and O–H groups in total. The van der Waals surface area contributed by atoms with Gasteiger partial charge in [-0.25, -0.2) is 9.37 Å². The first-order chi connectivity index (χ1) is 11.7. The topological polar surface area (TPSA) is 61.0 Å². The zero-order chi connectivity index (χ0) is 16.5. The van der Waals surface area contributed by atoms with Gasteiger partial charge in [0.25, 0.3) is 0 Å². The van der Waals surface area contributed by atoms with E-state index >= 15 is 0 Å². The van der Waals surface area contributed by atoms with Gasteiger partial charge in [-0.15, -0.1) is 0 Å². The van der Waals surface area contributed by atoms with Crippen molar-refractivity contribution in [2.75, 3.05) is 12.3 Å². The maximum atomic E-state index is 13.1. The van der Waals surface area contributed by atoms with Crippen LogP contribution in [0.15, 0.2) is 42.5 Å². The van der Waals surface area contributed by atoms with Crippen LogP contribution in [0.5, 0.6) is 5.88 Å². The Balaban J connectivity index is 1.72. The summed E-state index contributed by atoms with van der Waals surface area (Å²) >= 11 is 0. The van der Waals surface area contributed by atoms with Crippen LogP contribution >= 0.6 is 0 Å². The Kier molecular flexibility index (Phi) is 3.76. The molecule has 0 radical (unpaired) electrons. The largest absolute Gasteiger partial charge is 0.477 e. The van der Waals surface area contributed by atoms with E-state index < -0.39 is 0 Å². The highest BCUT2D eigenvalue weighted by Crippen LogP contribution is 2.31. The lowest BCUT2D eigenvalue weighted by Crippen LogP contribution is -2.19. The third-order valence-electron chi connectivity index (χ3n) is 4.54. The zero-order valence-electron chi connectivity index (χ0n) is 13.2. The number of ether oxygens (including phenoxy) is 1. The van der Waals surface area contributed by atoms with E-state index in [2.05, 4.69) is 9.97 Å². The monoisotopic (exact) mass is 323 g/mol. The number of hydrogen-bond acceptors (Lipinski definition) is 4. The number of halogens is 1. The molecule has 122 valence electrons. The van der Waals surface area contributed by atoms with Gasteiger partial charge in [0.2, 0.25) is 11.8 Å². The van der Waals surface area contributed by atoms with E-state index in [4.69, 9.17) is 10.5 Å². The molecule has 5 heteroatoms. The first-order valence-electron chi connectivity index (χ1n) is 8.15. The Bertz CT molecular complexity index is 876. The number of nitrogens with two attached hydrogens (primary N) is 1. The van der Waals surface area contributed by atoms with Crippen molar-refractivity contribution in [3.8, 4) is 17.0 Å². The second-order valence-electron chi connectivity index (χ2n) is 6.23. The molecule has 0 spiro atoms. The minimum Gasteiger partial charge on any atom is -0.477 e. The number of nitrogen functional groups attached to an aromatic ring is 1. The van der Waals surface area contributed by atoms with Crippen molar-refractivity contribution in [1.82, 2.24) is 9.97 Å². The van der Waals surface area contributed by atoms with Crippen LogP contribution in [0, 0.1) is 11.7 Å². The molecule has 2 aromatic carbocycles. The molecular formula is C19H18FN3O. The highest BCUT2D eigenvalue weighted by atomic mass is 19.1. The van der Waals surface area contributed by atoms with Crippen LogP contribution in [0.4, 0.5) is 10.3 Å². The van der Waals surface area contributed by atoms with Crippen molar-refractivity contribution in [3.05, 3.63) is 48.3 Å². The number of aromatic nitrogens is 2. The van der Waals surface area contributed by atoms with Gasteiger partial charge in [-0.1, -0.05) is 24.6 Å². The van der Waals surface area contributed by atoms with Crippen LogP contribution in [-0.4, -0.2) is 16.6 Å². The molecular weight excluding hydrogens is 305 g/mol. The second-order valence-corrected chi connectivity index (χ2v) is 6.23. The van der Waals surface area contributed by atoms with Gasteiger partial charge < -0.3 is 10.5 Å². The van der Waals surface area contributed by atoms with Crippen molar-refractivity contribution < 1.29 is 9.13 Å². The third-order valence-corrected chi connectivity index (χ3v) is 4.54. The number of hydrogen-bond donors (Lipinski definition) is 1. The minimum atomic E-state index is -0.250. The fourth-order valence-corrected chi connectivity index (χ4v) is 2.91. The van der Waals surface area contributed by atoms with Crippen LogP contribution in [0.3, 0.4) is 0 Å². The Morgan fingerprint density at radius 2 is 1.79 bits per heavy atom. The van der Waals surface area contributed by atoms with Gasteiger partial charge in [0.05, 0.1) is 17.5 Å². The van der Waals surface area contributed by atoms with E-state index in [1.807, 2.05) is 18.2 Å². The molecule has 1 saturated carbocycles. The Morgan fingerprint density at radius 1 is 1.04 bits per heavy atom. The predicted molar refractivity (Wildman–Crippen MR) is 92.2 cm³/mol. The molecule has 0 atom stereocenters. The minimum absolute atomic E-state index is 0.209. The molecule has 1 aliphatic rings. The third kappa shape index (κ3) is 2.89. The predicted octanol–water partition coefficient (Wildman–Crippen LogP) is 4.20. The number of benzene rings is 2. The number of nitrogens with zero attached hydrogens (tertiary/aromatic N) is 2. The summed E-state index contributed by atoms with van der Waals surface area (Å²) in [6.45, 7) is 0.659. The molecule has 0 unspecified atom stereocenters. The lowest BCUT2D eigenvalue weighted by molar-refractivity contribution is 0.177. The average Bonchev–Trinajstić information content (AvgIpc) is 2.53. The first-order valence-corrected chi connectivity index (χ1v) is 8.15. The first kappa shape index (κ1) is 14.9. The fourth-order valence-electron chi connectivity index (χ4n) is 2.91. The van der Waals surface area contributed by atoms with Crippen molar-refractivity contribution in [3.63, 3.8) is 0 Å². The SMILES string of the molecule is Nc1nc(OCC2CCC2)c2cc(-c3ccc(F)cc3)ccc2n1. The molecule has 1 fully saturated rings. The molecule has 1 aromatic heterocycles. The second kappa shape index (κ2) is 6.07. The van der Waals surface area contributed by atoms with Gasteiger partial charge in [-0.05, 0) is 54.2 Å². The summed E-state index contributed by atoms with van der Waals surface area (Å²) in [5.41, 5.74) is 8.44. The smallest absolute Gasteiger partial charge is 0.226 e. The van der Waals surface area contributed by atoms with Gasteiger partial charge in [0.15, 0.2) is 0 Å². The van der Waals surface area contributed by atoms with E-state index in [9.17, 15) is 4.39 Å². The van der Waals surface area contributed by atoms with Crippen molar-refractivity contribution in [2.24, 2.45) is 5.92 Å². The Morgan fingerprint density at radius 3 is 2.50 bits per heavy atom. The molecule has 0 bridgehead atoms. The summed E-state index contributed by atoms with van der Waals surface area (Å²) in [5.74, 6) is 1.09. The molecule has 0 amide bonds. The number of anilines is 1. The quantitative estimate of drug-likeness (QED) is 0.782. The fraction of sp³-hybridized carbons (Fsp3) is 0.263.